The third-order valence-corrected chi connectivity index (χ3v) is 2.26. The summed E-state index contributed by atoms with van der Waals surface area (Å²) in [7, 11) is 0. The van der Waals surface area contributed by atoms with Crippen molar-refractivity contribution in [1.29, 1.82) is 0 Å². The fraction of sp³-hybridized carbons (Fsp3) is 0.182. The van der Waals surface area contributed by atoms with Crippen molar-refractivity contribution in [1.82, 2.24) is 0 Å². The molecule has 2 N–H and O–H groups in total. The number of hydrogen-bond donors (Lipinski definition) is 2. The van der Waals surface area contributed by atoms with Gasteiger partial charge in [0, 0.05) is 17.8 Å². The van der Waals surface area contributed by atoms with Gasteiger partial charge in [0.2, 0.25) is 0 Å². The van der Waals surface area contributed by atoms with Gasteiger partial charge in [-0.2, -0.15) is 0 Å². The summed E-state index contributed by atoms with van der Waals surface area (Å²) in [5.41, 5.74) is 2.92. The fourth-order valence-corrected chi connectivity index (χ4v) is 1.64. The maximum atomic E-state index is 10.6. The molecule has 0 radical (unpaired) electrons. The Morgan fingerprint density at radius 1 is 1.43 bits per heavy atom. The molecule has 1 aliphatic heterocycles. The van der Waals surface area contributed by atoms with E-state index in [9.17, 15) is 4.79 Å². The highest BCUT2D eigenvalue weighted by Gasteiger charge is 2.13. The second-order valence-electron chi connectivity index (χ2n) is 3.23. The molecule has 0 saturated heterocycles. The lowest BCUT2D eigenvalue weighted by atomic mass is 9.98. The number of benzene rings is 1. The summed E-state index contributed by atoms with van der Waals surface area (Å²) in [5.74, 6) is -0.784. The van der Waals surface area contributed by atoms with Gasteiger partial charge in [-0.25, -0.2) is 0 Å². The van der Waals surface area contributed by atoms with Gasteiger partial charge in [0.1, 0.15) is 0 Å². The highest BCUT2D eigenvalue weighted by molar-refractivity contribution is 5.89. The van der Waals surface area contributed by atoms with E-state index in [1.165, 1.54) is 0 Å². The van der Waals surface area contributed by atoms with Gasteiger partial charge in [0.15, 0.2) is 0 Å². The lowest BCUT2D eigenvalue weighted by molar-refractivity contribution is -0.135. The van der Waals surface area contributed by atoms with E-state index in [1.807, 2.05) is 30.3 Å². The van der Waals surface area contributed by atoms with Crippen molar-refractivity contribution < 1.29 is 9.90 Å². The van der Waals surface area contributed by atoms with Crippen LogP contribution in [0, 0.1) is 0 Å². The zero-order chi connectivity index (χ0) is 9.97. The standard InChI is InChI=1S/C11H11NO2/c13-11(14)7-8-5-6-12-10-4-2-1-3-9(8)10/h1-5,12H,6-7H2,(H,13,14). The molecule has 1 aromatic rings. The van der Waals surface area contributed by atoms with Crippen LogP contribution in [0.2, 0.25) is 0 Å². The molecule has 0 fully saturated rings. The van der Waals surface area contributed by atoms with Gasteiger partial charge in [-0.3, -0.25) is 4.79 Å². The molecular weight excluding hydrogens is 178 g/mol. The Kier molecular flexibility index (Phi) is 2.23. The minimum Gasteiger partial charge on any atom is -0.481 e. The number of rotatable bonds is 2. The Balaban J connectivity index is 2.35. The number of aliphatic carboxylic acids is 1. The average molecular weight is 189 g/mol. The molecule has 0 saturated carbocycles. The molecule has 1 heterocycles. The summed E-state index contributed by atoms with van der Waals surface area (Å²) in [4.78, 5) is 10.6. The second-order valence-corrected chi connectivity index (χ2v) is 3.23. The smallest absolute Gasteiger partial charge is 0.307 e. The minimum absolute atomic E-state index is 0.0959. The minimum atomic E-state index is -0.784. The fourth-order valence-electron chi connectivity index (χ4n) is 1.64. The van der Waals surface area contributed by atoms with E-state index in [1.54, 1.807) is 0 Å². The molecule has 2 rings (SSSR count). The van der Waals surface area contributed by atoms with E-state index in [4.69, 9.17) is 5.11 Å². The molecule has 0 bridgehead atoms. The van der Waals surface area contributed by atoms with Gasteiger partial charge < -0.3 is 10.4 Å². The van der Waals surface area contributed by atoms with Crippen LogP contribution in [0.1, 0.15) is 12.0 Å². The molecule has 0 aromatic heterocycles. The first-order valence-electron chi connectivity index (χ1n) is 4.51. The van der Waals surface area contributed by atoms with Crippen molar-refractivity contribution in [2.24, 2.45) is 0 Å². The highest BCUT2D eigenvalue weighted by Crippen LogP contribution is 2.28. The van der Waals surface area contributed by atoms with Gasteiger partial charge >= 0.3 is 5.97 Å². The van der Waals surface area contributed by atoms with E-state index < -0.39 is 5.97 Å². The largest absolute Gasteiger partial charge is 0.481 e. The van der Waals surface area contributed by atoms with Crippen LogP contribution < -0.4 is 5.32 Å². The molecule has 3 heteroatoms. The number of carboxylic acids is 1. The summed E-state index contributed by atoms with van der Waals surface area (Å²) < 4.78 is 0. The first-order valence-corrected chi connectivity index (χ1v) is 4.51. The summed E-state index contributed by atoms with van der Waals surface area (Å²) >= 11 is 0. The molecule has 3 nitrogen and oxygen atoms in total. The topological polar surface area (TPSA) is 49.3 Å². The third kappa shape index (κ3) is 1.62. The van der Waals surface area contributed by atoms with Crippen LogP contribution in [-0.2, 0) is 4.79 Å². The van der Waals surface area contributed by atoms with E-state index in [2.05, 4.69) is 5.32 Å². The number of para-hydroxylation sites is 1. The Hall–Kier alpha value is -1.77. The Bertz CT molecular complexity index is 396. The normalized spacial score (nSPS) is 13.9. The number of carbonyl (C=O) groups is 1. The van der Waals surface area contributed by atoms with Crippen molar-refractivity contribution in [3.8, 4) is 0 Å². The summed E-state index contributed by atoms with van der Waals surface area (Å²) in [6, 6.07) is 7.76. The lowest BCUT2D eigenvalue weighted by Gasteiger charge is -2.17. The van der Waals surface area contributed by atoms with Crippen LogP contribution in [0.3, 0.4) is 0 Å². The molecular formula is C11H11NO2. The van der Waals surface area contributed by atoms with E-state index in [-0.39, 0.29) is 6.42 Å². The molecule has 14 heavy (non-hydrogen) atoms. The van der Waals surface area contributed by atoms with Crippen LogP contribution in [0.4, 0.5) is 5.69 Å². The van der Waals surface area contributed by atoms with Crippen LogP contribution in [0.15, 0.2) is 30.3 Å². The zero-order valence-corrected chi connectivity index (χ0v) is 7.66. The predicted molar refractivity (Wildman–Crippen MR) is 55.2 cm³/mol. The second kappa shape index (κ2) is 3.54. The number of hydrogen-bond acceptors (Lipinski definition) is 2. The summed E-state index contributed by atoms with van der Waals surface area (Å²) in [6.07, 6.45) is 2.02. The molecule has 1 aliphatic rings. The summed E-state index contributed by atoms with van der Waals surface area (Å²) in [5, 5.41) is 11.9. The number of nitrogens with one attached hydrogen (secondary N) is 1. The molecule has 0 aliphatic carbocycles. The van der Waals surface area contributed by atoms with Crippen LogP contribution in [-0.4, -0.2) is 17.6 Å². The first-order chi connectivity index (χ1) is 6.77. The molecule has 0 unspecified atom stereocenters. The molecule has 0 atom stereocenters. The van der Waals surface area contributed by atoms with Crippen molar-refractivity contribution in [3.05, 3.63) is 35.9 Å². The predicted octanol–water partition coefficient (Wildman–Crippen LogP) is 1.97. The molecule has 0 amide bonds. The molecule has 72 valence electrons. The van der Waals surface area contributed by atoms with Gasteiger partial charge in [0.05, 0.1) is 6.42 Å². The van der Waals surface area contributed by atoms with Crippen molar-refractivity contribution >= 4 is 17.2 Å². The number of anilines is 1. The SMILES string of the molecule is O=C(O)CC1=CCNc2ccccc21. The van der Waals surface area contributed by atoms with E-state index in [0.717, 1.165) is 16.8 Å². The molecule has 1 aromatic carbocycles. The highest BCUT2D eigenvalue weighted by atomic mass is 16.4. The average Bonchev–Trinajstić information content (AvgIpc) is 2.18. The first kappa shape index (κ1) is 8.81. The van der Waals surface area contributed by atoms with Gasteiger partial charge in [-0.1, -0.05) is 24.3 Å². The van der Waals surface area contributed by atoms with E-state index >= 15 is 0 Å². The maximum Gasteiger partial charge on any atom is 0.307 e. The zero-order valence-electron chi connectivity index (χ0n) is 7.66. The van der Waals surface area contributed by atoms with Crippen molar-refractivity contribution in [2.45, 2.75) is 6.42 Å². The van der Waals surface area contributed by atoms with Crippen LogP contribution >= 0.6 is 0 Å². The van der Waals surface area contributed by atoms with Crippen LogP contribution in [0.25, 0.3) is 5.57 Å². The van der Waals surface area contributed by atoms with Gasteiger partial charge in [-0.15, -0.1) is 0 Å². The Morgan fingerprint density at radius 3 is 3.00 bits per heavy atom. The Labute approximate surface area is 82.1 Å². The Morgan fingerprint density at radius 2 is 2.21 bits per heavy atom. The van der Waals surface area contributed by atoms with Gasteiger partial charge in [0.25, 0.3) is 0 Å². The van der Waals surface area contributed by atoms with Gasteiger partial charge in [-0.05, 0) is 11.6 Å². The van der Waals surface area contributed by atoms with E-state index in [0.29, 0.717) is 6.54 Å². The molecule has 0 spiro atoms. The van der Waals surface area contributed by atoms with Crippen molar-refractivity contribution in [2.75, 3.05) is 11.9 Å². The quantitative estimate of drug-likeness (QED) is 0.747. The number of fused-ring (bicyclic) bond motifs is 1. The lowest BCUT2D eigenvalue weighted by Crippen LogP contribution is -2.09. The third-order valence-electron chi connectivity index (χ3n) is 2.26. The monoisotopic (exact) mass is 189 g/mol. The maximum absolute atomic E-state index is 10.6. The van der Waals surface area contributed by atoms with Crippen molar-refractivity contribution in [3.63, 3.8) is 0 Å². The summed E-state index contributed by atoms with van der Waals surface area (Å²) in [6.45, 7) is 0.708. The van der Waals surface area contributed by atoms with Crippen LogP contribution in [0.5, 0.6) is 0 Å². The number of carboxylic acid groups (broad SMARTS) is 1.